The van der Waals surface area contributed by atoms with Crippen molar-refractivity contribution in [3.8, 4) is 11.7 Å². The van der Waals surface area contributed by atoms with E-state index in [-0.39, 0.29) is 0 Å². The van der Waals surface area contributed by atoms with Crippen LogP contribution < -0.4 is 0 Å². The molecular weight excluding hydrogens is 408 g/mol. The van der Waals surface area contributed by atoms with Gasteiger partial charge < -0.3 is 13.4 Å². The van der Waals surface area contributed by atoms with Crippen molar-refractivity contribution in [2.75, 3.05) is 0 Å². The molecule has 1 fully saturated rings. The Kier molecular flexibility index (Phi) is 5.09. The maximum Gasteiger partial charge on any atom is 0.283 e. The third-order valence-electron chi connectivity index (χ3n) is 5.30. The molecule has 6 nitrogen and oxygen atoms in total. The van der Waals surface area contributed by atoms with E-state index in [1.54, 1.807) is 11.8 Å². The molecule has 0 unspecified atom stereocenters. The highest BCUT2D eigenvalue weighted by molar-refractivity contribution is 7.98. The average molecular weight is 429 g/mol. The molecule has 0 aliphatic heterocycles. The summed E-state index contributed by atoms with van der Waals surface area (Å²) < 4.78 is 13.7. The molecule has 1 aliphatic rings. The third kappa shape index (κ3) is 3.81. The molecule has 0 N–H and O–H groups in total. The molecule has 29 heavy (non-hydrogen) atoms. The Morgan fingerprint density at radius 2 is 1.97 bits per heavy atom. The molecule has 0 atom stereocenters. The van der Waals surface area contributed by atoms with E-state index < -0.39 is 0 Å². The Bertz CT molecular complexity index is 1140. The molecule has 0 spiro atoms. The Morgan fingerprint density at radius 3 is 2.76 bits per heavy atom. The number of rotatable bonds is 5. The summed E-state index contributed by atoms with van der Waals surface area (Å²) in [5, 5.41) is 9.96. The quantitative estimate of drug-likeness (QED) is 0.341. The standard InChI is InChI=1S/C21H21ClN4O2S/c1-13-7-10-18(27-13)20-25-24-19(28-20)12-29-21-23-16-11-14(22)8-9-17(16)26(21)15-5-3-2-4-6-15/h7-11,15H,2-6,12H2,1H3. The molecule has 0 amide bonds. The van der Waals surface area contributed by atoms with Crippen LogP contribution in [0.2, 0.25) is 5.02 Å². The zero-order chi connectivity index (χ0) is 19.8. The molecule has 0 bridgehead atoms. The fourth-order valence-electron chi connectivity index (χ4n) is 3.93. The van der Waals surface area contributed by atoms with Gasteiger partial charge in [0.2, 0.25) is 5.89 Å². The fraction of sp³-hybridized carbons (Fsp3) is 0.381. The van der Waals surface area contributed by atoms with E-state index in [4.69, 9.17) is 25.4 Å². The number of benzene rings is 1. The Labute approximate surface area is 177 Å². The van der Waals surface area contributed by atoms with Crippen LogP contribution in [0.1, 0.15) is 49.8 Å². The number of imidazole rings is 1. The molecule has 150 valence electrons. The van der Waals surface area contributed by atoms with Crippen LogP contribution in [0.5, 0.6) is 0 Å². The maximum absolute atomic E-state index is 6.20. The third-order valence-corrected chi connectivity index (χ3v) is 6.47. The first-order chi connectivity index (χ1) is 14.2. The molecule has 1 aromatic carbocycles. The van der Waals surface area contributed by atoms with Crippen LogP contribution in [0.3, 0.4) is 0 Å². The zero-order valence-electron chi connectivity index (χ0n) is 16.1. The number of nitrogens with zero attached hydrogens (tertiary/aromatic N) is 4. The van der Waals surface area contributed by atoms with Gasteiger partial charge in [-0.25, -0.2) is 4.98 Å². The molecule has 1 saturated carbocycles. The Hall–Kier alpha value is -2.25. The van der Waals surface area contributed by atoms with Gasteiger partial charge >= 0.3 is 0 Å². The van der Waals surface area contributed by atoms with Gasteiger partial charge in [-0.3, -0.25) is 0 Å². The highest BCUT2D eigenvalue weighted by atomic mass is 35.5. The van der Waals surface area contributed by atoms with Gasteiger partial charge in [0.25, 0.3) is 5.89 Å². The predicted octanol–water partition coefficient (Wildman–Crippen LogP) is 6.44. The second kappa shape index (κ2) is 7.88. The first-order valence-electron chi connectivity index (χ1n) is 9.87. The van der Waals surface area contributed by atoms with Crippen molar-refractivity contribution in [2.24, 2.45) is 0 Å². The van der Waals surface area contributed by atoms with E-state index in [0.717, 1.165) is 22.0 Å². The number of halogens is 1. The van der Waals surface area contributed by atoms with Gasteiger partial charge in [-0.15, -0.1) is 10.2 Å². The van der Waals surface area contributed by atoms with E-state index in [1.807, 2.05) is 31.2 Å². The molecule has 3 aromatic heterocycles. The number of hydrogen-bond donors (Lipinski definition) is 0. The summed E-state index contributed by atoms with van der Waals surface area (Å²) in [6, 6.07) is 10.1. The SMILES string of the molecule is Cc1ccc(-c2nnc(CSc3nc4cc(Cl)ccc4n3C3CCCCC3)o2)o1. The average Bonchev–Trinajstić information content (AvgIpc) is 3.44. The largest absolute Gasteiger partial charge is 0.456 e. The summed E-state index contributed by atoms with van der Waals surface area (Å²) in [4.78, 5) is 4.87. The van der Waals surface area contributed by atoms with Crippen LogP contribution in [-0.4, -0.2) is 19.7 Å². The molecule has 0 saturated heterocycles. The molecular formula is C21H21ClN4O2S. The van der Waals surface area contributed by atoms with Crippen molar-refractivity contribution in [2.45, 2.75) is 56.0 Å². The van der Waals surface area contributed by atoms with Crippen LogP contribution in [0, 0.1) is 6.92 Å². The van der Waals surface area contributed by atoms with Crippen LogP contribution in [-0.2, 0) is 5.75 Å². The number of fused-ring (bicyclic) bond motifs is 1. The fourth-order valence-corrected chi connectivity index (χ4v) is 5.02. The van der Waals surface area contributed by atoms with Gasteiger partial charge in [0.1, 0.15) is 5.76 Å². The van der Waals surface area contributed by atoms with E-state index in [9.17, 15) is 0 Å². The minimum absolute atomic E-state index is 0.404. The van der Waals surface area contributed by atoms with Gasteiger partial charge in [0.05, 0.1) is 16.8 Å². The van der Waals surface area contributed by atoms with Crippen molar-refractivity contribution >= 4 is 34.4 Å². The highest BCUT2D eigenvalue weighted by Crippen LogP contribution is 2.37. The van der Waals surface area contributed by atoms with Gasteiger partial charge in [-0.1, -0.05) is 42.6 Å². The van der Waals surface area contributed by atoms with Crippen molar-refractivity contribution < 1.29 is 8.83 Å². The minimum Gasteiger partial charge on any atom is -0.456 e. The van der Waals surface area contributed by atoms with E-state index in [2.05, 4.69) is 20.8 Å². The van der Waals surface area contributed by atoms with Crippen molar-refractivity contribution in [1.82, 2.24) is 19.7 Å². The number of aromatic nitrogens is 4. The smallest absolute Gasteiger partial charge is 0.283 e. The van der Waals surface area contributed by atoms with Gasteiger partial charge in [-0.2, -0.15) is 0 Å². The lowest BCUT2D eigenvalue weighted by Gasteiger charge is -2.25. The maximum atomic E-state index is 6.20. The normalized spacial score (nSPS) is 15.4. The van der Waals surface area contributed by atoms with Crippen LogP contribution in [0.4, 0.5) is 0 Å². The summed E-state index contributed by atoms with van der Waals surface area (Å²) in [6.07, 6.45) is 6.21. The lowest BCUT2D eigenvalue weighted by Crippen LogP contribution is -2.13. The van der Waals surface area contributed by atoms with E-state index in [0.29, 0.717) is 34.4 Å². The Balaban J connectivity index is 1.42. The lowest BCUT2D eigenvalue weighted by atomic mass is 9.95. The summed E-state index contributed by atoms with van der Waals surface area (Å²) in [5.74, 6) is 2.92. The van der Waals surface area contributed by atoms with E-state index in [1.165, 1.54) is 32.1 Å². The predicted molar refractivity (Wildman–Crippen MR) is 113 cm³/mol. The number of aryl methyl sites for hydroxylation is 1. The van der Waals surface area contributed by atoms with Gasteiger partial charge in [0, 0.05) is 11.1 Å². The molecule has 5 rings (SSSR count). The molecule has 3 heterocycles. The van der Waals surface area contributed by atoms with Crippen molar-refractivity contribution in [3.63, 3.8) is 0 Å². The second-order valence-electron chi connectivity index (χ2n) is 7.39. The number of thioether (sulfide) groups is 1. The van der Waals surface area contributed by atoms with Crippen molar-refractivity contribution in [3.05, 3.63) is 47.0 Å². The lowest BCUT2D eigenvalue weighted by molar-refractivity contribution is 0.343. The summed E-state index contributed by atoms with van der Waals surface area (Å²) in [5.41, 5.74) is 2.07. The summed E-state index contributed by atoms with van der Waals surface area (Å²) >= 11 is 7.82. The monoisotopic (exact) mass is 428 g/mol. The van der Waals surface area contributed by atoms with Crippen LogP contribution >= 0.6 is 23.4 Å². The first kappa shape index (κ1) is 18.8. The molecule has 8 heteroatoms. The highest BCUT2D eigenvalue weighted by Gasteiger charge is 2.22. The molecule has 1 aliphatic carbocycles. The summed E-state index contributed by atoms with van der Waals surface area (Å²) in [7, 11) is 0. The van der Waals surface area contributed by atoms with Crippen LogP contribution in [0.15, 0.2) is 44.3 Å². The van der Waals surface area contributed by atoms with Crippen LogP contribution in [0.25, 0.3) is 22.7 Å². The summed E-state index contributed by atoms with van der Waals surface area (Å²) in [6.45, 7) is 1.89. The topological polar surface area (TPSA) is 69.9 Å². The second-order valence-corrected chi connectivity index (χ2v) is 8.77. The van der Waals surface area contributed by atoms with Gasteiger partial charge in [-0.05, 0) is 50.1 Å². The first-order valence-corrected chi connectivity index (χ1v) is 11.2. The van der Waals surface area contributed by atoms with E-state index >= 15 is 0 Å². The number of furan rings is 1. The number of hydrogen-bond acceptors (Lipinski definition) is 6. The zero-order valence-corrected chi connectivity index (χ0v) is 17.7. The molecule has 4 aromatic rings. The molecule has 0 radical (unpaired) electrons. The van der Waals surface area contributed by atoms with Crippen molar-refractivity contribution in [1.29, 1.82) is 0 Å². The van der Waals surface area contributed by atoms with Gasteiger partial charge in [0.15, 0.2) is 10.9 Å². The minimum atomic E-state index is 0.404. The Morgan fingerprint density at radius 1 is 1.10 bits per heavy atom.